The molecular formula is C10H19N3O3S. The molecule has 6 nitrogen and oxygen atoms in total. The summed E-state index contributed by atoms with van der Waals surface area (Å²) in [6.07, 6.45) is 1.16. The van der Waals surface area contributed by atoms with E-state index in [1.54, 1.807) is 13.8 Å². The van der Waals surface area contributed by atoms with Crippen molar-refractivity contribution in [2.75, 3.05) is 12.8 Å². The second-order valence-corrected chi connectivity index (χ2v) is 7.07. The Morgan fingerprint density at radius 3 is 2.47 bits per heavy atom. The molecule has 0 spiro atoms. The van der Waals surface area contributed by atoms with Crippen molar-refractivity contribution in [3.63, 3.8) is 0 Å². The Morgan fingerprint density at radius 1 is 1.41 bits per heavy atom. The molecule has 0 aromatic carbocycles. The van der Waals surface area contributed by atoms with E-state index in [1.807, 2.05) is 13.8 Å². The molecule has 0 saturated carbocycles. The van der Waals surface area contributed by atoms with Crippen molar-refractivity contribution in [3.05, 3.63) is 11.8 Å². The molecule has 0 radical (unpaired) electrons. The fraction of sp³-hybridized carbons (Fsp3) is 0.800. The molecule has 98 valence electrons. The summed E-state index contributed by atoms with van der Waals surface area (Å²) in [5, 5.41) is 10.8. The van der Waals surface area contributed by atoms with Gasteiger partial charge >= 0.3 is 0 Å². The first-order valence-corrected chi connectivity index (χ1v) is 7.36. The summed E-state index contributed by atoms with van der Waals surface area (Å²) in [4.78, 5) is 0. The van der Waals surface area contributed by atoms with Crippen LogP contribution in [0.4, 0.5) is 0 Å². The molecule has 1 aromatic rings. The third kappa shape index (κ3) is 2.84. The lowest BCUT2D eigenvalue weighted by Crippen LogP contribution is -2.28. The van der Waals surface area contributed by atoms with Crippen molar-refractivity contribution in [2.24, 2.45) is 0 Å². The molecule has 1 aromatic heterocycles. The fourth-order valence-corrected chi connectivity index (χ4v) is 1.60. The molecule has 0 aliphatic rings. The van der Waals surface area contributed by atoms with Gasteiger partial charge in [0.15, 0.2) is 9.84 Å². The van der Waals surface area contributed by atoms with Gasteiger partial charge in [0.1, 0.15) is 4.75 Å². The molecule has 0 amide bonds. The van der Waals surface area contributed by atoms with Gasteiger partial charge in [-0.05, 0) is 27.3 Å². The molecule has 1 atom stereocenters. The highest BCUT2D eigenvalue weighted by molar-refractivity contribution is 7.91. The van der Waals surface area contributed by atoms with Gasteiger partial charge in [0.05, 0.1) is 6.04 Å². The summed E-state index contributed by atoms with van der Waals surface area (Å²) >= 11 is 0. The molecule has 0 bridgehead atoms. The smallest absolute Gasteiger partial charge is 0.237 e. The van der Waals surface area contributed by atoms with Crippen molar-refractivity contribution in [1.82, 2.24) is 15.5 Å². The summed E-state index contributed by atoms with van der Waals surface area (Å²) in [6.45, 7) is 7.73. The van der Waals surface area contributed by atoms with E-state index in [-0.39, 0.29) is 11.9 Å². The van der Waals surface area contributed by atoms with Crippen LogP contribution >= 0.6 is 0 Å². The van der Waals surface area contributed by atoms with Crippen LogP contribution in [0.2, 0.25) is 0 Å². The maximum atomic E-state index is 11.6. The van der Waals surface area contributed by atoms with Gasteiger partial charge in [-0.15, -0.1) is 10.2 Å². The zero-order chi connectivity index (χ0) is 13.3. The first-order chi connectivity index (χ1) is 7.70. The Bertz CT molecular complexity index is 479. The van der Waals surface area contributed by atoms with Crippen LogP contribution in [0.3, 0.4) is 0 Å². The van der Waals surface area contributed by atoms with E-state index in [2.05, 4.69) is 15.5 Å². The average Bonchev–Trinajstić information content (AvgIpc) is 2.65. The summed E-state index contributed by atoms with van der Waals surface area (Å²) in [5.74, 6) is 0.526. The first-order valence-electron chi connectivity index (χ1n) is 5.47. The number of aromatic nitrogens is 2. The monoisotopic (exact) mass is 261 g/mol. The minimum Gasteiger partial charge on any atom is -0.422 e. The van der Waals surface area contributed by atoms with E-state index in [0.29, 0.717) is 5.89 Å². The Morgan fingerprint density at radius 2 is 2.00 bits per heavy atom. The van der Waals surface area contributed by atoms with Gasteiger partial charge in [0, 0.05) is 6.26 Å². The van der Waals surface area contributed by atoms with Crippen LogP contribution in [0.25, 0.3) is 0 Å². The number of hydrogen-bond donors (Lipinski definition) is 1. The normalized spacial score (nSPS) is 14.9. The van der Waals surface area contributed by atoms with E-state index in [9.17, 15) is 8.42 Å². The van der Waals surface area contributed by atoms with E-state index in [0.717, 1.165) is 12.8 Å². The van der Waals surface area contributed by atoms with Gasteiger partial charge < -0.3 is 9.73 Å². The summed E-state index contributed by atoms with van der Waals surface area (Å²) < 4.78 is 27.5. The largest absolute Gasteiger partial charge is 0.422 e. The average molecular weight is 261 g/mol. The lowest BCUT2D eigenvalue weighted by atomic mass is 10.2. The topological polar surface area (TPSA) is 85.1 Å². The van der Waals surface area contributed by atoms with Gasteiger partial charge in [-0.25, -0.2) is 8.42 Å². The zero-order valence-corrected chi connectivity index (χ0v) is 11.6. The molecule has 1 rings (SSSR count). The molecule has 0 aliphatic carbocycles. The molecule has 1 N–H and O–H groups in total. The van der Waals surface area contributed by atoms with E-state index >= 15 is 0 Å². The Hall–Kier alpha value is -0.950. The van der Waals surface area contributed by atoms with Crippen LogP contribution in [0.1, 0.15) is 45.5 Å². The molecular weight excluding hydrogens is 242 g/mol. The Balaban J connectivity index is 3.03. The van der Waals surface area contributed by atoms with Gasteiger partial charge in [0.25, 0.3) is 0 Å². The lowest BCUT2D eigenvalue weighted by molar-refractivity contribution is 0.371. The number of nitrogens with one attached hydrogen (secondary N) is 1. The highest BCUT2D eigenvalue weighted by Crippen LogP contribution is 2.28. The minimum absolute atomic E-state index is 0.0865. The fourth-order valence-electron chi connectivity index (χ4n) is 1.20. The van der Waals surface area contributed by atoms with E-state index in [1.165, 1.54) is 0 Å². The van der Waals surface area contributed by atoms with Gasteiger partial charge in [-0.3, -0.25) is 0 Å². The molecule has 7 heteroatoms. The summed E-state index contributed by atoms with van der Waals surface area (Å²) in [5.41, 5.74) is 0. The Kier molecular flexibility index (Phi) is 3.93. The first kappa shape index (κ1) is 14.1. The van der Waals surface area contributed by atoms with Crippen molar-refractivity contribution < 1.29 is 12.8 Å². The summed E-state index contributed by atoms with van der Waals surface area (Å²) in [6, 6.07) is -0.0865. The minimum atomic E-state index is -3.30. The summed E-state index contributed by atoms with van der Waals surface area (Å²) in [7, 11) is -3.30. The van der Waals surface area contributed by atoms with Gasteiger partial charge in [-0.2, -0.15) is 0 Å². The standard InChI is InChI=1S/C10H19N3O3S/c1-6-11-7(2)8-12-13-9(16-8)10(3,4)17(5,14)15/h7,11H,6H2,1-5H3. The SMILES string of the molecule is CCNC(C)c1nnc(C(C)(C)S(C)(=O)=O)o1. The van der Waals surface area contributed by atoms with Crippen molar-refractivity contribution in [2.45, 2.75) is 38.5 Å². The highest BCUT2D eigenvalue weighted by Gasteiger charge is 2.38. The number of hydrogen-bond acceptors (Lipinski definition) is 6. The number of sulfone groups is 1. The third-order valence-corrected chi connectivity index (χ3v) is 4.79. The van der Waals surface area contributed by atoms with Crippen LogP contribution in [0, 0.1) is 0 Å². The van der Waals surface area contributed by atoms with E-state index in [4.69, 9.17) is 4.42 Å². The molecule has 0 saturated heterocycles. The van der Waals surface area contributed by atoms with Crippen LogP contribution < -0.4 is 5.32 Å². The van der Waals surface area contributed by atoms with Crippen LogP contribution in [-0.2, 0) is 14.6 Å². The highest BCUT2D eigenvalue weighted by atomic mass is 32.2. The quantitative estimate of drug-likeness (QED) is 0.851. The third-order valence-electron chi connectivity index (χ3n) is 2.76. The maximum absolute atomic E-state index is 11.6. The Labute approximate surface area is 102 Å². The zero-order valence-electron chi connectivity index (χ0n) is 10.8. The second kappa shape index (κ2) is 4.73. The molecule has 0 fully saturated rings. The number of rotatable bonds is 5. The van der Waals surface area contributed by atoms with Crippen molar-refractivity contribution in [1.29, 1.82) is 0 Å². The lowest BCUT2D eigenvalue weighted by Gasteiger charge is -2.17. The van der Waals surface area contributed by atoms with Gasteiger partial charge in [-0.1, -0.05) is 6.92 Å². The van der Waals surface area contributed by atoms with E-state index < -0.39 is 14.6 Å². The second-order valence-electron chi connectivity index (χ2n) is 4.51. The van der Waals surface area contributed by atoms with Crippen molar-refractivity contribution >= 4 is 9.84 Å². The van der Waals surface area contributed by atoms with Gasteiger partial charge in [0.2, 0.25) is 11.8 Å². The predicted molar refractivity (Wildman–Crippen MR) is 64.3 cm³/mol. The molecule has 1 heterocycles. The maximum Gasteiger partial charge on any atom is 0.237 e. The predicted octanol–water partition coefficient (Wildman–Crippen LogP) is 1.02. The number of nitrogens with zero attached hydrogens (tertiary/aromatic N) is 2. The van der Waals surface area contributed by atoms with Crippen LogP contribution in [0.15, 0.2) is 4.42 Å². The van der Waals surface area contributed by atoms with Crippen molar-refractivity contribution in [3.8, 4) is 0 Å². The molecule has 0 aliphatic heterocycles. The molecule has 17 heavy (non-hydrogen) atoms. The van der Waals surface area contributed by atoms with Crippen LogP contribution in [0.5, 0.6) is 0 Å². The molecule has 1 unspecified atom stereocenters. The van der Waals surface area contributed by atoms with Crippen LogP contribution in [-0.4, -0.2) is 31.4 Å².